The van der Waals surface area contributed by atoms with Crippen LogP contribution in [0.25, 0.3) is 0 Å². The number of carbonyl (C=O) groups is 2. The van der Waals surface area contributed by atoms with Crippen LogP contribution in [-0.4, -0.2) is 35.5 Å². The number of carboxylic acid groups (broad SMARTS) is 1. The van der Waals surface area contributed by atoms with Crippen molar-refractivity contribution in [2.75, 3.05) is 19.3 Å². The molecule has 1 aromatic carbocycles. The number of likely N-dealkylation sites (N-methyl/N-ethyl adjacent to an activating group) is 1. The highest BCUT2D eigenvalue weighted by atomic mass is 16.4. The maximum atomic E-state index is 11.6. The number of nitrogens with zero attached hydrogens (tertiary/aromatic N) is 1. The second-order valence-corrected chi connectivity index (χ2v) is 3.57. The number of hydrogen-bond acceptors (Lipinski definition) is 3. The Morgan fingerprint density at radius 1 is 1.44 bits per heavy atom. The predicted octanol–water partition coefficient (Wildman–Crippen LogP) is 0.354. The monoisotopic (exact) mass is 222 g/mol. The highest BCUT2D eigenvalue weighted by molar-refractivity contribution is 5.82. The van der Waals surface area contributed by atoms with Gasteiger partial charge in [0.2, 0.25) is 5.91 Å². The SMILES string of the molecule is CN(CC(=O)O)C(=O)Cc1cccc(N)c1. The zero-order valence-electron chi connectivity index (χ0n) is 9.01. The van der Waals surface area contributed by atoms with E-state index in [4.69, 9.17) is 10.8 Å². The average Bonchev–Trinajstić information content (AvgIpc) is 2.16. The Morgan fingerprint density at radius 3 is 2.69 bits per heavy atom. The van der Waals surface area contributed by atoms with E-state index in [2.05, 4.69) is 0 Å². The van der Waals surface area contributed by atoms with E-state index in [0.29, 0.717) is 5.69 Å². The summed E-state index contributed by atoms with van der Waals surface area (Å²) in [5, 5.41) is 8.53. The summed E-state index contributed by atoms with van der Waals surface area (Å²) >= 11 is 0. The van der Waals surface area contributed by atoms with Gasteiger partial charge in [-0.2, -0.15) is 0 Å². The number of carbonyl (C=O) groups excluding carboxylic acids is 1. The first-order valence-electron chi connectivity index (χ1n) is 4.79. The highest BCUT2D eigenvalue weighted by Gasteiger charge is 2.12. The molecule has 0 atom stereocenters. The lowest BCUT2D eigenvalue weighted by atomic mass is 10.1. The van der Waals surface area contributed by atoms with Gasteiger partial charge >= 0.3 is 5.97 Å². The van der Waals surface area contributed by atoms with Gasteiger partial charge in [0.05, 0.1) is 6.42 Å². The molecule has 0 saturated heterocycles. The molecule has 0 bridgehead atoms. The molecular weight excluding hydrogens is 208 g/mol. The van der Waals surface area contributed by atoms with Crippen molar-refractivity contribution < 1.29 is 14.7 Å². The number of hydrogen-bond donors (Lipinski definition) is 2. The smallest absolute Gasteiger partial charge is 0.323 e. The number of benzene rings is 1. The van der Waals surface area contributed by atoms with Crippen LogP contribution in [0.3, 0.4) is 0 Å². The molecule has 3 N–H and O–H groups in total. The Kier molecular flexibility index (Phi) is 3.88. The quantitative estimate of drug-likeness (QED) is 0.720. The molecule has 1 rings (SSSR count). The fourth-order valence-corrected chi connectivity index (χ4v) is 1.30. The molecule has 1 amide bonds. The van der Waals surface area contributed by atoms with E-state index in [1.54, 1.807) is 24.3 Å². The van der Waals surface area contributed by atoms with Crippen LogP contribution < -0.4 is 5.73 Å². The molecule has 0 radical (unpaired) electrons. The second kappa shape index (κ2) is 5.16. The molecule has 0 unspecified atom stereocenters. The Balaban J connectivity index is 2.60. The zero-order valence-corrected chi connectivity index (χ0v) is 9.01. The van der Waals surface area contributed by atoms with Crippen LogP contribution in [0, 0.1) is 0 Å². The molecule has 0 saturated carbocycles. The van der Waals surface area contributed by atoms with Gasteiger partial charge in [-0.3, -0.25) is 9.59 Å². The first-order valence-corrected chi connectivity index (χ1v) is 4.79. The molecule has 0 heterocycles. The van der Waals surface area contributed by atoms with Gasteiger partial charge in [0.1, 0.15) is 6.54 Å². The molecule has 5 nitrogen and oxygen atoms in total. The number of nitrogen functional groups attached to an aromatic ring is 1. The highest BCUT2D eigenvalue weighted by Crippen LogP contribution is 2.08. The molecule has 0 fully saturated rings. The largest absolute Gasteiger partial charge is 0.480 e. The Bertz CT molecular complexity index is 404. The average molecular weight is 222 g/mol. The minimum atomic E-state index is -1.02. The number of amides is 1. The fraction of sp³-hybridized carbons (Fsp3) is 0.273. The summed E-state index contributed by atoms with van der Waals surface area (Å²) in [5.41, 5.74) is 6.94. The Hall–Kier alpha value is -2.04. The second-order valence-electron chi connectivity index (χ2n) is 3.57. The maximum Gasteiger partial charge on any atom is 0.323 e. The van der Waals surface area contributed by atoms with E-state index in [1.165, 1.54) is 11.9 Å². The van der Waals surface area contributed by atoms with Crippen molar-refractivity contribution in [3.63, 3.8) is 0 Å². The molecule has 86 valence electrons. The third-order valence-electron chi connectivity index (χ3n) is 2.10. The van der Waals surface area contributed by atoms with Crippen LogP contribution in [0.15, 0.2) is 24.3 Å². The van der Waals surface area contributed by atoms with Crippen LogP contribution in [-0.2, 0) is 16.0 Å². The van der Waals surface area contributed by atoms with Gasteiger partial charge in [-0.25, -0.2) is 0 Å². The Morgan fingerprint density at radius 2 is 2.12 bits per heavy atom. The summed E-state index contributed by atoms with van der Waals surface area (Å²) in [6.45, 7) is -0.291. The summed E-state index contributed by atoms with van der Waals surface area (Å²) in [5.74, 6) is -1.27. The van der Waals surface area contributed by atoms with E-state index in [9.17, 15) is 9.59 Å². The number of rotatable bonds is 4. The number of aliphatic carboxylic acids is 1. The standard InChI is InChI=1S/C11H14N2O3/c1-13(7-11(15)16)10(14)6-8-3-2-4-9(12)5-8/h2-5H,6-7,12H2,1H3,(H,15,16). The molecule has 1 aromatic rings. The number of carboxylic acids is 1. The minimum Gasteiger partial charge on any atom is -0.480 e. The number of nitrogens with two attached hydrogens (primary N) is 1. The summed E-state index contributed by atoms with van der Waals surface area (Å²) in [7, 11) is 1.46. The van der Waals surface area contributed by atoms with Gasteiger partial charge in [-0.05, 0) is 17.7 Å². The van der Waals surface area contributed by atoms with Crippen molar-refractivity contribution in [2.24, 2.45) is 0 Å². The van der Waals surface area contributed by atoms with E-state index in [-0.39, 0.29) is 18.9 Å². The van der Waals surface area contributed by atoms with E-state index < -0.39 is 5.97 Å². The predicted molar refractivity (Wildman–Crippen MR) is 59.8 cm³/mol. The molecule has 0 aromatic heterocycles. The first-order chi connectivity index (χ1) is 7.49. The Labute approximate surface area is 93.5 Å². The van der Waals surface area contributed by atoms with Gasteiger partial charge in [-0.15, -0.1) is 0 Å². The van der Waals surface area contributed by atoms with E-state index in [0.717, 1.165) is 5.56 Å². The van der Waals surface area contributed by atoms with Crippen molar-refractivity contribution >= 4 is 17.6 Å². The molecule has 0 aliphatic heterocycles. The molecule has 0 aliphatic carbocycles. The molecular formula is C11H14N2O3. The fourth-order valence-electron chi connectivity index (χ4n) is 1.30. The van der Waals surface area contributed by atoms with Crippen molar-refractivity contribution in [3.05, 3.63) is 29.8 Å². The molecule has 0 spiro atoms. The van der Waals surface area contributed by atoms with E-state index in [1.807, 2.05) is 0 Å². The van der Waals surface area contributed by atoms with E-state index >= 15 is 0 Å². The van der Waals surface area contributed by atoms with Crippen molar-refractivity contribution in [1.82, 2.24) is 4.90 Å². The van der Waals surface area contributed by atoms with Crippen LogP contribution in [0.4, 0.5) is 5.69 Å². The van der Waals surface area contributed by atoms with Gasteiger partial charge in [0.25, 0.3) is 0 Å². The third kappa shape index (κ3) is 3.61. The minimum absolute atomic E-state index is 0.162. The van der Waals surface area contributed by atoms with Gasteiger partial charge < -0.3 is 15.7 Å². The van der Waals surface area contributed by atoms with Crippen molar-refractivity contribution in [2.45, 2.75) is 6.42 Å². The van der Waals surface area contributed by atoms with Crippen molar-refractivity contribution in [1.29, 1.82) is 0 Å². The normalized spacial score (nSPS) is 9.81. The van der Waals surface area contributed by atoms with Crippen LogP contribution in [0.2, 0.25) is 0 Å². The lowest BCUT2D eigenvalue weighted by molar-refractivity contribution is -0.143. The topological polar surface area (TPSA) is 83.6 Å². The van der Waals surface area contributed by atoms with Crippen molar-refractivity contribution in [3.8, 4) is 0 Å². The van der Waals surface area contributed by atoms with Crippen LogP contribution in [0.1, 0.15) is 5.56 Å². The summed E-state index contributed by atoms with van der Waals surface area (Å²) in [6, 6.07) is 6.97. The summed E-state index contributed by atoms with van der Waals surface area (Å²) in [4.78, 5) is 23.2. The lowest BCUT2D eigenvalue weighted by Crippen LogP contribution is -2.33. The zero-order chi connectivity index (χ0) is 12.1. The third-order valence-corrected chi connectivity index (χ3v) is 2.10. The van der Waals surface area contributed by atoms with Gasteiger partial charge in [-0.1, -0.05) is 12.1 Å². The molecule has 16 heavy (non-hydrogen) atoms. The lowest BCUT2D eigenvalue weighted by Gasteiger charge is -2.14. The number of anilines is 1. The summed E-state index contributed by atoms with van der Waals surface area (Å²) in [6.07, 6.45) is 0.162. The van der Waals surface area contributed by atoms with Gasteiger partial charge in [0.15, 0.2) is 0 Å². The first kappa shape index (κ1) is 12.0. The summed E-state index contributed by atoms with van der Waals surface area (Å²) < 4.78 is 0. The maximum absolute atomic E-state index is 11.6. The molecule has 5 heteroatoms. The van der Waals surface area contributed by atoms with Crippen LogP contribution >= 0.6 is 0 Å². The molecule has 0 aliphatic rings. The van der Waals surface area contributed by atoms with Gasteiger partial charge in [0, 0.05) is 12.7 Å². The van der Waals surface area contributed by atoms with Crippen LogP contribution in [0.5, 0.6) is 0 Å².